The molecule has 22 nitrogen and oxygen atoms in total. The topological polar surface area (TPSA) is 331 Å². The fraction of sp³-hybridized carbons (Fsp3) is 0. The van der Waals surface area contributed by atoms with Gasteiger partial charge < -0.3 is 15.3 Å². The Hall–Kier alpha value is -4.45. The Bertz CT molecular complexity index is 2080. The van der Waals surface area contributed by atoms with Crippen LogP contribution in [0.1, 0.15) is 16.1 Å². The highest BCUT2D eigenvalue weighted by Crippen LogP contribution is 2.37. The number of carbonyl (C=O) groups excluding carboxylic acids is 1. The fourth-order valence-corrected chi connectivity index (χ4v) is 5.82. The van der Waals surface area contributed by atoms with E-state index < -0.39 is 87.7 Å². The van der Waals surface area contributed by atoms with Gasteiger partial charge in [-0.05, 0) is 42.5 Å². The highest BCUT2D eigenvalue weighted by molar-refractivity contribution is 7.95. The van der Waals surface area contributed by atoms with Crippen LogP contribution in [0, 0.1) is 0 Å². The molecule has 26 heteroatoms. The number of nitrogens with zero attached hydrogens (tertiary/aromatic N) is 4. The van der Waals surface area contributed by atoms with Gasteiger partial charge in [0.1, 0.15) is 4.90 Å². The van der Waals surface area contributed by atoms with Crippen molar-refractivity contribution in [2.24, 2.45) is 5.10 Å². The maximum Gasteiger partial charge on any atom is 0.357 e. The number of amides is 1. The molecule has 0 atom stereocenters. The minimum absolute atomic E-state index is 0.0813. The molecule has 1 aromatic heterocycles. The van der Waals surface area contributed by atoms with Crippen molar-refractivity contribution >= 4 is 79.6 Å². The lowest BCUT2D eigenvalue weighted by atomic mass is 10.1. The van der Waals surface area contributed by atoms with Crippen molar-refractivity contribution in [3.05, 3.63) is 53.2 Å². The van der Waals surface area contributed by atoms with Gasteiger partial charge in [0.25, 0.3) is 26.1 Å². The number of rotatable bonds is 13. The van der Waals surface area contributed by atoms with Gasteiger partial charge in [-0.15, -0.1) is 8.67 Å². The van der Waals surface area contributed by atoms with E-state index in [1.807, 2.05) is 0 Å². The van der Waals surface area contributed by atoms with E-state index in [2.05, 4.69) is 28.9 Å². The molecule has 0 saturated heterocycles. The van der Waals surface area contributed by atoms with Gasteiger partial charge in [0, 0.05) is 4.90 Å². The summed E-state index contributed by atoms with van der Waals surface area (Å²) in [7, 11) is -10.0. The summed E-state index contributed by atoms with van der Waals surface area (Å²) >= 11 is 0.475. The van der Waals surface area contributed by atoms with E-state index >= 15 is 0 Å². The molecule has 4 rings (SSSR count). The van der Waals surface area contributed by atoms with Crippen LogP contribution >= 0.6 is 24.1 Å². The molecule has 0 spiro atoms. The van der Waals surface area contributed by atoms with Gasteiger partial charge in [0.15, 0.2) is 11.4 Å². The molecule has 1 aliphatic rings. The van der Waals surface area contributed by atoms with Crippen molar-refractivity contribution in [2.45, 2.75) is 19.6 Å². The molecule has 0 saturated carbocycles. The average molecular weight is 739 g/mol. The quantitative estimate of drug-likeness (QED) is 0.0429. The molecule has 1 aliphatic heterocycles. The van der Waals surface area contributed by atoms with Gasteiger partial charge >= 0.3 is 11.9 Å². The summed E-state index contributed by atoms with van der Waals surface area (Å²) in [6, 6.07) is 5.15. The zero-order valence-corrected chi connectivity index (χ0v) is 25.4. The predicted octanol–water partition coefficient (Wildman–Crippen LogP) is 1.50. The third kappa shape index (κ3) is 7.43. The number of aromatic nitrogens is 2. The number of aromatic hydroxyl groups is 1. The molecule has 0 unspecified atom stereocenters. The highest BCUT2D eigenvalue weighted by atomic mass is 32.2. The number of aromatic carboxylic acids is 1. The van der Waals surface area contributed by atoms with Crippen LogP contribution in [0.5, 0.6) is 5.88 Å². The monoisotopic (exact) mass is 738 g/mol. The summed E-state index contributed by atoms with van der Waals surface area (Å²) in [5.74, 6) is -6.38. The summed E-state index contributed by atoms with van der Waals surface area (Å²) in [4.78, 5) is 35.7. The minimum Gasteiger partial charge on any atom is -0.493 e. The first kappa shape index (κ1) is 35.4. The fourth-order valence-electron chi connectivity index (χ4n) is 3.82. The standard InChI is InChI=1S/C21H14N4O18S4/c26-18-10(16(20(28)29)22-24(18)12-6-9(46(34,35)36)2-3-14(12)45-43-41-33)7-11-17(21(30)31)23-25(19(11)27)13-5-8(44-42-40-32)1-4-15(13)47(37,38)39/h1-7,26,32-33H,(H,28,29)(H,30,31)(H,34,35,36)(H,37,38,39). The average Bonchev–Trinajstić information content (AvgIpc) is 3.50. The molecule has 1 amide bonds. The summed E-state index contributed by atoms with van der Waals surface area (Å²) in [6.07, 6.45) is 0.513. The van der Waals surface area contributed by atoms with Crippen LogP contribution in [-0.2, 0) is 48.6 Å². The summed E-state index contributed by atoms with van der Waals surface area (Å²) < 4.78 is 75.7. The number of hydrazone groups is 1. The summed E-state index contributed by atoms with van der Waals surface area (Å²) in [6.45, 7) is 0. The van der Waals surface area contributed by atoms with Crippen molar-refractivity contribution in [3.63, 3.8) is 0 Å². The Morgan fingerprint density at radius 3 is 2.11 bits per heavy atom. The molecule has 47 heavy (non-hydrogen) atoms. The number of aliphatic carboxylic acids is 1. The van der Waals surface area contributed by atoms with Crippen LogP contribution in [0.25, 0.3) is 11.8 Å². The lowest BCUT2D eigenvalue weighted by Gasteiger charge is -2.15. The number of anilines is 1. The molecule has 3 aromatic rings. The largest absolute Gasteiger partial charge is 0.493 e. The first-order valence-electron chi connectivity index (χ1n) is 11.5. The van der Waals surface area contributed by atoms with Crippen molar-refractivity contribution in [2.75, 3.05) is 5.01 Å². The number of hydrogen-bond acceptors (Lipinski definition) is 18. The van der Waals surface area contributed by atoms with Crippen LogP contribution in [-0.4, -0.2) is 85.1 Å². The normalized spacial score (nSPS) is 14.6. The number of hydrogen-bond donors (Lipinski definition) is 7. The number of carboxylic acid groups (broad SMARTS) is 2. The Labute approximate surface area is 268 Å². The lowest BCUT2D eigenvalue weighted by molar-refractivity contribution is -0.432. The van der Waals surface area contributed by atoms with E-state index in [-0.39, 0.29) is 38.9 Å². The molecule has 0 bridgehead atoms. The van der Waals surface area contributed by atoms with Crippen LogP contribution in [0.15, 0.2) is 66.7 Å². The van der Waals surface area contributed by atoms with Gasteiger partial charge in [-0.2, -0.15) is 36.7 Å². The Morgan fingerprint density at radius 2 is 1.53 bits per heavy atom. The zero-order valence-electron chi connectivity index (χ0n) is 22.1. The second-order valence-electron chi connectivity index (χ2n) is 8.39. The van der Waals surface area contributed by atoms with Crippen molar-refractivity contribution in [1.82, 2.24) is 9.78 Å². The van der Waals surface area contributed by atoms with Crippen LogP contribution < -0.4 is 5.01 Å². The number of carbonyl (C=O) groups is 3. The predicted molar refractivity (Wildman–Crippen MR) is 150 cm³/mol. The molecule has 250 valence electrons. The van der Waals surface area contributed by atoms with E-state index in [1.54, 1.807) is 0 Å². The Kier molecular flexibility index (Phi) is 10.3. The van der Waals surface area contributed by atoms with Gasteiger partial charge in [0.2, 0.25) is 5.88 Å². The first-order valence-corrected chi connectivity index (χ1v) is 15.8. The Morgan fingerprint density at radius 1 is 0.872 bits per heavy atom. The van der Waals surface area contributed by atoms with E-state index in [0.717, 1.165) is 30.3 Å². The minimum atomic E-state index is -5.11. The summed E-state index contributed by atoms with van der Waals surface area (Å²) in [5, 5.41) is 61.9. The van der Waals surface area contributed by atoms with E-state index in [0.29, 0.717) is 16.8 Å². The second-order valence-corrected chi connectivity index (χ2v) is 12.7. The molecule has 0 radical (unpaired) electrons. The number of carboxylic acids is 2. The zero-order chi connectivity index (χ0) is 34.8. The van der Waals surface area contributed by atoms with Crippen molar-refractivity contribution in [3.8, 4) is 11.6 Å². The van der Waals surface area contributed by atoms with Crippen molar-refractivity contribution in [1.29, 1.82) is 0 Å². The van der Waals surface area contributed by atoms with E-state index in [9.17, 15) is 55.6 Å². The number of benzene rings is 2. The van der Waals surface area contributed by atoms with Gasteiger partial charge in [-0.3, -0.25) is 13.9 Å². The molecule has 0 fully saturated rings. The molecular formula is C21H14N4O18S4. The third-order valence-corrected chi connectivity index (χ3v) is 8.66. The lowest BCUT2D eigenvalue weighted by Crippen LogP contribution is -2.24. The maximum atomic E-state index is 13.5. The highest BCUT2D eigenvalue weighted by Gasteiger charge is 2.39. The molecule has 2 aromatic carbocycles. The molecular weight excluding hydrogens is 725 g/mol. The Balaban J connectivity index is 1.94. The van der Waals surface area contributed by atoms with Crippen LogP contribution in [0.4, 0.5) is 5.69 Å². The smallest absolute Gasteiger partial charge is 0.357 e. The van der Waals surface area contributed by atoms with Crippen LogP contribution in [0.2, 0.25) is 0 Å². The van der Waals surface area contributed by atoms with Crippen molar-refractivity contribution < 1.29 is 84.9 Å². The van der Waals surface area contributed by atoms with E-state index in [4.69, 9.17) is 10.5 Å². The molecule has 7 N–H and O–H groups in total. The van der Waals surface area contributed by atoms with Gasteiger partial charge in [-0.1, -0.05) is 10.1 Å². The van der Waals surface area contributed by atoms with Crippen LogP contribution in [0.3, 0.4) is 0 Å². The SMILES string of the molecule is O=C(O)C1=NN(c2cc(SOOO)ccc2S(=O)(=O)O)C(=O)C1=Cc1c(C(=O)O)nn(-c2cc(S(=O)(=O)O)ccc2SOOO)c1O. The van der Waals surface area contributed by atoms with Gasteiger partial charge in [0.05, 0.1) is 56.4 Å². The summed E-state index contributed by atoms with van der Waals surface area (Å²) in [5.41, 5.74) is -5.26. The third-order valence-electron chi connectivity index (χ3n) is 5.68. The molecule has 0 aliphatic carbocycles. The first-order chi connectivity index (χ1) is 22.0. The van der Waals surface area contributed by atoms with E-state index in [1.165, 1.54) is 0 Å². The molecule has 2 heterocycles. The van der Waals surface area contributed by atoms with Gasteiger partial charge in [-0.25, -0.2) is 20.1 Å². The maximum absolute atomic E-state index is 13.5. The second kappa shape index (κ2) is 13.7.